The quantitative estimate of drug-likeness (QED) is 0.351. The second-order valence-electron chi connectivity index (χ2n) is 5.31. The number of amides is 3. The fourth-order valence-electron chi connectivity index (χ4n) is 2.12. The highest BCUT2D eigenvalue weighted by atomic mass is 32.2. The minimum atomic E-state index is -1.07. The molecule has 2 unspecified atom stereocenters. The molecule has 0 spiro atoms. The number of nitrogens with one attached hydrogen (secondary N) is 1. The van der Waals surface area contributed by atoms with Gasteiger partial charge >= 0.3 is 12.0 Å². The summed E-state index contributed by atoms with van der Waals surface area (Å²) in [5, 5.41) is 12.5. The van der Waals surface area contributed by atoms with Crippen LogP contribution in [0.4, 0.5) is 10.5 Å². The first-order chi connectivity index (χ1) is 11.8. The summed E-state index contributed by atoms with van der Waals surface area (Å²) in [5.74, 6) is -1.18. The Hall–Kier alpha value is -2.62. The Morgan fingerprint density at radius 1 is 1.32 bits per heavy atom. The number of imide groups is 1. The third-order valence-electron chi connectivity index (χ3n) is 3.46. The normalized spacial score (nSPS) is 16.1. The Morgan fingerprint density at radius 2 is 1.96 bits per heavy atom. The van der Waals surface area contributed by atoms with Crippen molar-refractivity contribution in [2.45, 2.75) is 30.1 Å². The molecule has 1 aromatic carbocycles. The molecule has 1 N–H and O–H groups in total. The summed E-state index contributed by atoms with van der Waals surface area (Å²) in [6, 6.07) is 5.27. The van der Waals surface area contributed by atoms with Crippen LogP contribution in [-0.4, -0.2) is 52.2 Å². The second-order valence-corrected chi connectivity index (χ2v) is 6.73. The first-order valence-electron chi connectivity index (χ1n) is 7.50. The van der Waals surface area contributed by atoms with E-state index >= 15 is 0 Å². The molecule has 0 bridgehead atoms. The number of non-ortho nitro benzene ring substituents is 1. The molecular formula is C15H17N3O6S. The smallest absolute Gasteiger partial charge is 0.324 e. The number of hydrogen-bond acceptors (Lipinski definition) is 7. The van der Waals surface area contributed by atoms with Gasteiger partial charge in [0.2, 0.25) is 0 Å². The second kappa shape index (κ2) is 7.97. The standard InChI is InChI=1S/C15H17N3O6S/c1-9(13(19)17-8-7-16-15(17)21)24-14(20)10(2)25-12-5-3-11(4-6-12)18(22)23/h3-6,9-10H,7-8H2,1-2H3,(H,16,21). The SMILES string of the molecule is CC(OC(=O)C(C)Sc1ccc([N+](=O)[O-])cc1)C(=O)N1CCNC1=O. The zero-order valence-corrected chi connectivity index (χ0v) is 14.4. The lowest BCUT2D eigenvalue weighted by Crippen LogP contribution is -2.42. The predicted molar refractivity (Wildman–Crippen MR) is 89.1 cm³/mol. The van der Waals surface area contributed by atoms with E-state index in [-0.39, 0.29) is 12.2 Å². The largest absolute Gasteiger partial charge is 0.452 e. The number of ether oxygens (including phenoxy) is 1. The van der Waals surface area contributed by atoms with Gasteiger partial charge in [0.25, 0.3) is 11.6 Å². The Balaban J connectivity index is 1.89. The highest BCUT2D eigenvalue weighted by Gasteiger charge is 2.32. The number of nitro groups is 1. The van der Waals surface area contributed by atoms with Gasteiger partial charge in [0, 0.05) is 30.1 Å². The predicted octanol–water partition coefficient (Wildman–Crippen LogP) is 1.56. The lowest BCUT2D eigenvalue weighted by atomic mass is 10.3. The molecule has 0 saturated carbocycles. The van der Waals surface area contributed by atoms with Crippen LogP contribution < -0.4 is 5.32 Å². The van der Waals surface area contributed by atoms with Gasteiger partial charge in [-0.3, -0.25) is 24.6 Å². The van der Waals surface area contributed by atoms with Crippen LogP contribution >= 0.6 is 11.8 Å². The molecule has 1 aliphatic heterocycles. The molecule has 10 heteroatoms. The lowest BCUT2D eigenvalue weighted by molar-refractivity contribution is -0.384. The molecule has 1 fully saturated rings. The maximum atomic E-state index is 12.1. The minimum absolute atomic E-state index is 0.0392. The van der Waals surface area contributed by atoms with Crippen LogP contribution in [0.25, 0.3) is 0 Å². The van der Waals surface area contributed by atoms with E-state index in [1.807, 2.05) is 0 Å². The molecule has 25 heavy (non-hydrogen) atoms. The van der Waals surface area contributed by atoms with E-state index in [0.29, 0.717) is 11.4 Å². The van der Waals surface area contributed by atoms with E-state index in [4.69, 9.17) is 4.74 Å². The Morgan fingerprint density at radius 3 is 2.48 bits per heavy atom. The average molecular weight is 367 g/mol. The lowest BCUT2D eigenvalue weighted by Gasteiger charge is -2.19. The molecule has 9 nitrogen and oxygen atoms in total. The van der Waals surface area contributed by atoms with Crippen LogP contribution in [0, 0.1) is 10.1 Å². The number of rotatable bonds is 6. The van der Waals surface area contributed by atoms with Crippen molar-refractivity contribution in [2.24, 2.45) is 0 Å². The molecule has 2 atom stereocenters. The highest BCUT2D eigenvalue weighted by Crippen LogP contribution is 2.26. The van der Waals surface area contributed by atoms with Crippen molar-refractivity contribution < 1.29 is 24.0 Å². The third-order valence-corrected chi connectivity index (χ3v) is 4.55. The first-order valence-corrected chi connectivity index (χ1v) is 8.38. The van der Waals surface area contributed by atoms with Gasteiger partial charge in [-0.1, -0.05) is 0 Å². The Bertz CT molecular complexity index is 693. The van der Waals surface area contributed by atoms with E-state index in [1.165, 1.54) is 31.2 Å². The molecule has 0 aliphatic carbocycles. The molecular weight excluding hydrogens is 350 g/mol. The van der Waals surface area contributed by atoms with E-state index in [2.05, 4.69) is 5.32 Å². The number of esters is 1. The number of hydrogen-bond donors (Lipinski definition) is 1. The van der Waals surface area contributed by atoms with Crippen molar-refractivity contribution in [3.63, 3.8) is 0 Å². The first kappa shape index (κ1) is 18.7. The van der Waals surface area contributed by atoms with Crippen molar-refractivity contribution in [3.8, 4) is 0 Å². The summed E-state index contributed by atoms with van der Waals surface area (Å²) in [6.07, 6.45) is -1.07. The molecule has 3 amide bonds. The summed E-state index contributed by atoms with van der Waals surface area (Å²) in [4.78, 5) is 47.4. The maximum absolute atomic E-state index is 12.1. The molecule has 1 saturated heterocycles. The summed E-state index contributed by atoms with van der Waals surface area (Å²) in [7, 11) is 0. The average Bonchev–Trinajstić information content (AvgIpc) is 3.00. The van der Waals surface area contributed by atoms with E-state index < -0.39 is 34.2 Å². The summed E-state index contributed by atoms with van der Waals surface area (Å²) in [6.45, 7) is 3.63. The van der Waals surface area contributed by atoms with Crippen LogP contribution in [0.15, 0.2) is 29.2 Å². The topological polar surface area (TPSA) is 119 Å². The van der Waals surface area contributed by atoms with Gasteiger partial charge in [-0.05, 0) is 26.0 Å². The van der Waals surface area contributed by atoms with Crippen molar-refractivity contribution in [1.29, 1.82) is 0 Å². The van der Waals surface area contributed by atoms with E-state index in [1.54, 1.807) is 6.92 Å². The number of benzene rings is 1. The van der Waals surface area contributed by atoms with E-state index in [9.17, 15) is 24.5 Å². The minimum Gasteiger partial charge on any atom is -0.452 e. The zero-order valence-electron chi connectivity index (χ0n) is 13.6. The van der Waals surface area contributed by atoms with Crippen molar-refractivity contribution in [3.05, 3.63) is 34.4 Å². The van der Waals surface area contributed by atoms with Gasteiger partial charge < -0.3 is 10.1 Å². The highest BCUT2D eigenvalue weighted by molar-refractivity contribution is 8.00. The molecule has 0 aromatic heterocycles. The number of carbonyl (C=O) groups excluding carboxylic acids is 3. The van der Waals surface area contributed by atoms with Gasteiger partial charge in [0.1, 0.15) is 5.25 Å². The van der Waals surface area contributed by atoms with Crippen LogP contribution in [0.1, 0.15) is 13.8 Å². The van der Waals surface area contributed by atoms with Crippen LogP contribution in [-0.2, 0) is 14.3 Å². The van der Waals surface area contributed by atoms with Crippen molar-refractivity contribution in [2.75, 3.05) is 13.1 Å². The van der Waals surface area contributed by atoms with Crippen LogP contribution in [0.3, 0.4) is 0 Å². The van der Waals surface area contributed by atoms with Crippen LogP contribution in [0.5, 0.6) is 0 Å². The number of urea groups is 1. The van der Waals surface area contributed by atoms with Crippen LogP contribution in [0.2, 0.25) is 0 Å². The molecule has 134 valence electrons. The molecule has 0 radical (unpaired) electrons. The zero-order chi connectivity index (χ0) is 18.6. The molecule has 1 aliphatic rings. The fraction of sp³-hybridized carbons (Fsp3) is 0.400. The summed E-state index contributed by atoms with van der Waals surface area (Å²) in [5.41, 5.74) is -0.0392. The number of nitro benzene ring substituents is 1. The molecule has 1 aromatic rings. The maximum Gasteiger partial charge on any atom is 0.324 e. The summed E-state index contributed by atoms with van der Waals surface area (Å²) < 4.78 is 5.13. The van der Waals surface area contributed by atoms with E-state index in [0.717, 1.165) is 16.7 Å². The number of carbonyl (C=O) groups is 3. The van der Waals surface area contributed by atoms with Gasteiger partial charge in [0.05, 0.1) is 4.92 Å². The summed E-state index contributed by atoms with van der Waals surface area (Å²) >= 11 is 1.16. The third kappa shape index (κ3) is 4.69. The van der Waals surface area contributed by atoms with Crippen molar-refractivity contribution >= 4 is 35.4 Å². The molecule has 2 rings (SSSR count). The van der Waals surface area contributed by atoms with Gasteiger partial charge in [-0.15, -0.1) is 11.8 Å². The van der Waals surface area contributed by atoms with Crippen molar-refractivity contribution in [1.82, 2.24) is 10.2 Å². The number of nitrogens with zero attached hydrogens (tertiary/aromatic N) is 2. The number of thioether (sulfide) groups is 1. The Kier molecular flexibility index (Phi) is 5.97. The van der Waals surface area contributed by atoms with Gasteiger partial charge in [0.15, 0.2) is 6.10 Å². The fourth-order valence-corrected chi connectivity index (χ4v) is 2.97. The van der Waals surface area contributed by atoms with Gasteiger partial charge in [-0.25, -0.2) is 4.79 Å². The Labute approximate surface area is 147 Å². The van der Waals surface area contributed by atoms with Gasteiger partial charge in [-0.2, -0.15) is 0 Å². The molecule has 1 heterocycles. The monoisotopic (exact) mass is 367 g/mol.